The number of anilines is 3. The molecule has 0 unspecified atom stereocenters. The summed E-state index contributed by atoms with van der Waals surface area (Å²) in [5.41, 5.74) is 9.54. The minimum atomic E-state index is 0.610. The highest BCUT2D eigenvalue weighted by atomic mass is 16.5. The lowest BCUT2D eigenvalue weighted by Crippen LogP contribution is -2.01. The van der Waals surface area contributed by atoms with E-state index in [0.717, 1.165) is 34.1 Å². The molecule has 4 nitrogen and oxygen atoms in total. The highest BCUT2D eigenvalue weighted by Gasteiger charge is 2.08. The van der Waals surface area contributed by atoms with Crippen LogP contribution in [-0.4, -0.2) is 13.2 Å². The molecule has 0 saturated heterocycles. The van der Waals surface area contributed by atoms with Gasteiger partial charge in [0.2, 0.25) is 0 Å². The van der Waals surface area contributed by atoms with Gasteiger partial charge in [-0.15, -0.1) is 0 Å². The zero-order chi connectivity index (χ0) is 15.2. The fourth-order valence-electron chi connectivity index (χ4n) is 2.06. The van der Waals surface area contributed by atoms with Gasteiger partial charge in [0.05, 0.1) is 18.9 Å². The summed E-state index contributed by atoms with van der Waals surface area (Å²) in [6.45, 7) is 7.20. The van der Waals surface area contributed by atoms with Crippen molar-refractivity contribution in [2.24, 2.45) is 0 Å². The first-order valence-corrected chi connectivity index (χ1v) is 7.16. The molecule has 0 aromatic heterocycles. The first-order chi connectivity index (χ1) is 10.1. The third-order valence-corrected chi connectivity index (χ3v) is 3.09. The Morgan fingerprint density at radius 2 is 1.71 bits per heavy atom. The van der Waals surface area contributed by atoms with Crippen molar-refractivity contribution >= 4 is 17.1 Å². The number of nitrogen functional groups attached to an aromatic ring is 1. The van der Waals surface area contributed by atoms with Crippen molar-refractivity contribution in [3.05, 3.63) is 42.0 Å². The van der Waals surface area contributed by atoms with Crippen LogP contribution in [0.2, 0.25) is 0 Å². The van der Waals surface area contributed by atoms with Gasteiger partial charge in [-0.25, -0.2) is 0 Å². The lowest BCUT2D eigenvalue weighted by Gasteiger charge is -2.16. The van der Waals surface area contributed by atoms with Crippen molar-refractivity contribution in [1.29, 1.82) is 0 Å². The van der Waals surface area contributed by atoms with E-state index in [9.17, 15) is 0 Å². The molecular weight excluding hydrogens is 264 g/mol. The summed E-state index contributed by atoms with van der Waals surface area (Å²) in [6.07, 6.45) is 0. The Morgan fingerprint density at radius 1 is 0.952 bits per heavy atom. The van der Waals surface area contributed by atoms with Crippen LogP contribution in [0.3, 0.4) is 0 Å². The Balaban J connectivity index is 2.35. The largest absolute Gasteiger partial charge is 0.494 e. The molecule has 0 atom stereocenters. The molecule has 2 aromatic carbocycles. The van der Waals surface area contributed by atoms with E-state index in [1.807, 2.05) is 57.2 Å². The number of ether oxygens (including phenoxy) is 2. The summed E-state index contributed by atoms with van der Waals surface area (Å²) in [6, 6.07) is 11.6. The molecule has 0 saturated carbocycles. The number of hydrogen-bond acceptors (Lipinski definition) is 4. The van der Waals surface area contributed by atoms with Gasteiger partial charge in [-0.3, -0.25) is 0 Å². The molecule has 0 aliphatic rings. The number of nitrogens with one attached hydrogen (secondary N) is 1. The van der Waals surface area contributed by atoms with Gasteiger partial charge in [0, 0.05) is 17.4 Å². The van der Waals surface area contributed by atoms with Crippen molar-refractivity contribution in [1.82, 2.24) is 0 Å². The van der Waals surface area contributed by atoms with Crippen molar-refractivity contribution in [3.8, 4) is 11.5 Å². The summed E-state index contributed by atoms with van der Waals surface area (Å²) in [5, 5.41) is 3.38. The average Bonchev–Trinajstić information content (AvgIpc) is 2.46. The smallest absolute Gasteiger partial charge is 0.142 e. The Morgan fingerprint density at radius 3 is 2.43 bits per heavy atom. The molecular formula is C17H22N2O2. The molecule has 3 N–H and O–H groups in total. The van der Waals surface area contributed by atoms with Crippen LogP contribution in [0.5, 0.6) is 11.5 Å². The lowest BCUT2D eigenvalue weighted by molar-refractivity contribution is 0.332. The second-order valence-electron chi connectivity index (χ2n) is 4.72. The van der Waals surface area contributed by atoms with Crippen LogP contribution in [0.15, 0.2) is 36.4 Å². The van der Waals surface area contributed by atoms with E-state index >= 15 is 0 Å². The van der Waals surface area contributed by atoms with Gasteiger partial charge in [0.15, 0.2) is 0 Å². The number of hydrogen-bond donors (Lipinski definition) is 2. The Hall–Kier alpha value is -2.36. The van der Waals surface area contributed by atoms with Gasteiger partial charge in [0.25, 0.3) is 0 Å². The molecule has 112 valence electrons. The van der Waals surface area contributed by atoms with Crippen LogP contribution in [0.1, 0.15) is 19.4 Å². The van der Waals surface area contributed by atoms with Crippen LogP contribution >= 0.6 is 0 Å². The minimum Gasteiger partial charge on any atom is -0.494 e. The van der Waals surface area contributed by atoms with Gasteiger partial charge in [-0.1, -0.05) is 6.07 Å². The van der Waals surface area contributed by atoms with E-state index in [2.05, 4.69) is 5.32 Å². The molecule has 0 spiro atoms. The molecule has 0 fully saturated rings. The predicted molar refractivity (Wildman–Crippen MR) is 87.7 cm³/mol. The SMILES string of the molecule is CCOc1ccc(OCC)c(Nc2cc(N)ccc2C)c1. The highest BCUT2D eigenvalue weighted by molar-refractivity contribution is 5.72. The summed E-state index contributed by atoms with van der Waals surface area (Å²) < 4.78 is 11.2. The average molecular weight is 286 g/mol. The lowest BCUT2D eigenvalue weighted by atomic mass is 10.1. The zero-order valence-corrected chi connectivity index (χ0v) is 12.8. The molecule has 0 bridgehead atoms. The van der Waals surface area contributed by atoms with E-state index in [-0.39, 0.29) is 0 Å². The van der Waals surface area contributed by atoms with Gasteiger partial charge in [0.1, 0.15) is 11.5 Å². The first-order valence-electron chi connectivity index (χ1n) is 7.16. The third-order valence-electron chi connectivity index (χ3n) is 3.09. The van der Waals surface area contributed by atoms with Gasteiger partial charge in [-0.05, 0) is 50.6 Å². The van der Waals surface area contributed by atoms with E-state index in [0.29, 0.717) is 13.2 Å². The van der Waals surface area contributed by atoms with Crippen LogP contribution < -0.4 is 20.5 Å². The number of nitrogens with two attached hydrogens (primary N) is 1. The normalized spacial score (nSPS) is 10.2. The molecule has 21 heavy (non-hydrogen) atoms. The zero-order valence-electron chi connectivity index (χ0n) is 12.8. The maximum absolute atomic E-state index is 5.86. The summed E-state index contributed by atoms with van der Waals surface area (Å²) >= 11 is 0. The predicted octanol–water partition coefficient (Wildman–Crippen LogP) is 4.12. The van der Waals surface area contributed by atoms with Gasteiger partial charge < -0.3 is 20.5 Å². The Kier molecular flexibility index (Phi) is 4.93. The molecule has 0 radical (unpaired) electrons. The standard InChI is InChI=1S/C17H22N2O2/c1-4-20-14-8-9-17(21-5-2)16(11-14)19-15-10-13(18)7-6-12(15)3/h6-11,19H,4-5,18H2,1-3H3. The number of rotatable bonds is 6. The van der Waals surface area contributed by atoms with E-state index in [1.165, 1.54) is 0 Å². The molecule has 0 amide bonds. The summed E-state index contributed by atoms with van der Waals surface area (Å²) in [7, 11) is 0. The van der Waals surface area contributed by atoms with E-state index < -0.39 is 0 Å². The Bertz CT molecular complexity index is 612. The maximum Gasteiger partial charge on any atom is 0.142 e. The molecule has 2 rings (SSSR count). The summed E-state index contributed by atoms with van der Waals surface area (Å²) in [5.74, 6) is 1.60. The maximum atomic E-state index is 5.86. The van der Waals surface area contributed by atoms with Crippen LogP contribution in [-0.2, 0) is 0 Å². The first kappa shape index (κ1) is 15.0. The second kappa shape index (κ2) is 6.88. The van der Waals surface area contributed by atoms with Crippen LogP contribution in [0.4, 0.5) is 17.1 Å². The monoisotopic (exact) mass is 286 g/mol. The fourth-order valence-corrected chi connectivity index (χ4v) is 2.06. The molecule has 0 heterocycles. The molecule has 0 aliphatic heterocycles. The van der Waals surface area contributed by atoms with Crippen molar-refractivity contribution in [2.75, 3.05) is 24.3 Å². The van der Waals surface area contributed by atoms with Crippen molar-refractivity contribution in [3.63, 3.8) is 0 Å². The second-order valence-corrected chi connectivity index (χ2v) is 4.72. The quantitative estimate of drug-likeness (QED) is 0.784. The number of benzene rings is 2. The Labute approximate surface area is 125 Å². The number of aryl methyl sites for hydroxylation is 1. The minimum absolute atomic E-state index is 0.610. The molecule has 4 heteroatoms. The van der Waals surface area contributed by atoms with Gasteiger partial charge >= 0.3 is 0 Å². The van der Waals surface area contributed by atoms with Crippen LogP contribution in [0, 0.1) is 6.92 Å². The van der Waals surface area contributed by atoms with Crippen molar-refractivity contribution < 1.29 is 9.47 Å². The van der Waals surface area contributed by atoms with Crippen LogP contribution in [0.25, 0.3) is 0 Å². The van der Waals surface area contributed by atoms with E-state index in [1.54, 1.807) is 0 Å². The highest BCUT2D eigenvalue weighted by Crippen LogP contribution is 2.33. The fraction of sp³-hybridized carbons (Fsp3) is 0.294. The summed E-state index contributed by atoms with van der Waals surface area (Å²) in [4.78, 5) is 0. The van der Waals surface area contributed by atoms with Gasteiger partial charge in [-0.2, -0.15) is 0 Å². The molecule has 0 aliphatic carbocycles. The van der Waals surface area contributed by atoms with E-state index in [4.69, 9.17) is 15.2 Å². The van der Waals surface area contributed by atoms with Crippen molar-refractivity contribution in [2.45, 2.75) is 20.8 Å². The third kappa shape index (κ3) is 3.81. The topological polar surface area (TPSA) is 56.5 Å². The molecule has 2 aromatic rings.